The zero-order chi connectivity index (χ0) is 41.1. The van der Waals surface area contributed by atoms with Gasteiger partial charge >= 0.3 is 333 Å². The van der Waals surface area contributed by atoms with E-state index in [-0.39, 0.29) is 35.7 Å². The minimum Gasteiger partial charge on any atom is -0.0654 e. The van der Waals surface area contributed by atoms with Gasteiger partial charge in [0.15, 0.2) is 0 Å². The Kier molecular flexibility index (Phi) is 37.9. The summed E-state index contributed by atoms with van der Waals surface area (Å²) in [5, 5.41) is 0. The van der Waals surface area contributed by atoms with E-state index < -0.39 is 38.4 Å². The molecule has 320 valence electrons. The first kappa shape index (κ1) is 55.6. The molecule has 10 heteroatoms. The second kappa shape index (κ2) is 36.8. The summed E-state index contributed by atoms with van der Waals surface area (Å²) in [5.41, 5.74) is 0. The quantitative estimate of drug-likeness (QED) is 0.0464. The summed E-state index contributed by atoms with van der Waals surface area (Å²) in [6.07, 6.45) is 30.5. The predicted octanol–water partition coefficient (Wildman–Crippen LogP) is 13.8. The summed E-state index contributed by atoms with van der Waals surface area (Å²) in [6.45, 7) is 12.7. The van der Waals surface area contributed by atoms with Crippen molar-refractivity contribution in [2.45, 2.75) is 241 Å². The molecular weight excluding hydrogens is 894 g/mol. The van der Waals surface area contributed by atoms with Crippen molar-refractivity contribution < 1.29 is 31.5 Å². The molecule has 0 saturated heterocycles. The van der Waals surface area contributed by atoms with Crippen molar-refractivity contribution >= 4 is 62.3 Å². The third kappa shape index (κ3) is 34.7. The number of hydrogen-bond acceptors (Lipinski definition) is 8. The molecule has 0 aromatic rings. The molecule has 0 amide bonds. The average Bonchev–Trinajstić information content (AvgIpc) is 3.10. The Morgan fingerprint density at radius 3 is 0.907 bits per heavy atom. The van der Waals surface area contributed by atoms with Gasteiger partial charge in [-0.25, -0.2) is 0 Å². The molecule has 2 atom stereocenters. The van der Waals surface area contributed by atoms with Crippen molar-refractivity contribution in [3.05, 3.63) is 0 Å². The molecule has 2 unspecified atom stereocenters. The SMILES string of the molecule is CCCCC(CC)C(=O)[O][Sn]([CH3])([CH3])[O]C(=O)C(CC)CCCC.CCCCCCCCCCCC(=O)[O][Sn]([CH3])([CH3])[O]C(=O)CCCCCCCCCCC. The Hall–Kier alpha value is -0.523. The Morgan fingerprint density at radius 1 is 0.370 bits per heavy atom. The molecule has 54 heavy (non-hydrogen) atoms. The fourth-order valence-electron chi connectivity index (χ4n) is 6.38. The van der Waals surface area contributed by atoms with Gasteiger partial charge in [0, 0.05) is 0 Å². The Morgan fingerprint density at radius 2 is 0.630 bits per heavy atom. The van der Waals surface area contributed by atoms with Crippen LogP contribution in [-0.4, -0.2) is 62.3 Å². The van der Waals surface area contributed by atoms with Crippen LogP contribution >= 0.6 is 0 Å². The van der Waals surface area contributed by atoms with Gasteiger partial charge in [-0.2, -0.15) is 0 Å². The summed E-state index contributed by atoms with van der Waals surface area (Å²) in [4.78, 5) is 56.3. The van der Waals surface area contributed by atoms with Crippen LogP contribution in [0.2, 0.25) is 19.8 Å². The normalized spacial score (nSPS) is 12.6. The van der Waals surface area contributed by atoms with E-state index in [0.29, 0.717) is 12.8 Å². The van der Waals surface area contributed by atoms with Gasteiger partial charge in [-0.3, -0.25) is 0 Å². The van der Waals surface area contributed by atoms with Crippen LogP contribution in [0.25, 0.3) is 0 Å². The molecule has 0 aromatic heterocycles. The van der Waals surface area contributed by atoms with E-state index in [9.17, 15) is 19.2 Å². The third-order valence-corrected chi connectivity index (χ3v) is 17.9. The molecule has 0 fully saturated rings. The van der Waals surface area contributed by atoms with Crippen molar-refractivity contribution in [1.29, 1.82) is 0 Å². The first-order valence-electron chi connectivity index (χ1n) is 22.6. The predicted molar refractivity (Wildman–Crippen MR) is 230 cm³/mol. The smallest absolute Gasteiger partial charge is 0.0654 e. The molecular formula is C44H88O8Sn2. The van der Waals surface area contributed by atoms with Gasteiger partial charge in [0.05, 0.1) is 0 Å². The van der Waals surface area contributed by atoms with Crippen LogP contribution in [0.1, 0.15) is 221 Å². The van der Waals surface area contributed by atoms with E-state index in [4.69, 9.17) is 12.3 Å². The molecule has 0 aliphatic carbocycles. The van der Waals surface area contributed by atoms with E-state index >= 15 is 0 Å². The van der Waals surface area contributed by atoms with Crippen molar-refractivity contribution in [1.82, 2.24) is 0 Å². The number of unbranched alkanes of at least 4 members (excludes halogenated alkanes) is 18. The minimum atomic E-state index is -3.57. The molecule has 0 aromatic carbocycles. The van der Waals surface area contributed by atoms with E-state index in [2.05, 4.69) is 27.7 Å². The van der Waals surface area contributed by atoms with Gasteiger partial charge in [0.2, 0.25) is 0 Å². The van der Waals surface area contributed by atoms with E-state index in [0.717, 1.165) is 77.0 Å². The fraction of sp³-hybridized carbons (Fsp3) is 0.909. The first-order chi connectivity index (χ1) is 25.7. The van der Waals surface area contributed by atoms with Crippen LogP contribution in [-0.2, 0) is 31.5 Å². The van der Waals surface area contributed by atoms with Crippen LogP contribution in [0.5, 0.6) is 0 Å². The molecule has 0 aliphatic rings. The first-order valence-corrected chi connectivity index (χ1v) is 38.7. The van der Waals surface area contributed by atoms with Crippen LogP contribution in [0.3, 0.4) is 0 Å². The van der Waals surface area contributed by atoms with Gasteiger partial charge in [-0.15, -0.1) is 0 Å². The van der Waals surface area contributed by atoms with Gasteiger partial charge in [-0.05, 0) is 0 Å². The summed E-state index contributed by atoms with van der Waals surface area (Å²) < 4.78 is 22.6. The van der Waals surface area contributed by atoms with Gasteiger partial charge < -0.3 is 0 Å². The Bertz CT molecular complexity index is 870. The van der Waals surface area contributed by atoms with Crippen LogP contribution < -0.4 is 0 Å². The topological polar surface area (TPSA) is 105 Å². The monoisotopic (exact) mass is 984 g/mol. The maximum atomic E-state index is 12.3. The zero-order valence-electron chi connectivity index (χ0n) is 37.2. The van der Waals surface area contributed by atoms with Crippen molar-refractivity contribution in [3.63, 3.8) is 0 Å². The zero-order valence-corrected chi connectivity index (χ0v) is 42.9. The second-order valence-electron chi connectivity index (χ2n) is 16.2. The van der Waals surface area contributed by atoms with E-state index in [1.807, 2.05) is 33.6 Å². The maximum absolute atomic E-state index is 12.3. The molecule has 0 heterocycles. The summed E-state index contributed by atoms with van der Waals surface area (Å²) >= 11 is -7.07. The van der Waals surface area contributed by atoms with Crippen molar-refractivity contribution in [2.24, 2.45) is 11.8 Å². The molecule has 8 nitrogen and oxygen atoms in total. The molecule has 0 spiro atoms. The minimum absolute atomic E-state index is 0.0632. The number of carbonyl (C=O) groups excluding carboxylic acids is 4. The van der Waals surface area contributed by atoms with Crippen molar-refractivity contribution in [3.8, 4) is 0 Å². The second-order valence-corrected chi connectivity index (χ2v) is 34.6. The average molecular weight is 983 g/mol. The molecule has 0 bridgehead atoms. The third-order valence-electron chi connectivity index (χ3n) is 9.85. The number of rotatable bonds is 34. The Balaban J connectivity index is 0. The number of carbonyl (C=O) groups is 4. The van der Waals surface area contributed by atoms with Gasteiger partial charge in [0.25, 0.3) is 0 Å². The summed E-state index contributed by atoms with van der Waals surface area (Å²) in [7, 11) is 0. The van der Waals surface area contributed by atoms with Gasteiger partial charge in [-0.1, -0.05) is 13.8 Å². The van der Waals surface area contributed by atoms with Crippen LogP contribution in [0.15, 0.2) is 0 Å². The summed E-state index contributed by atoms with van der Waals surface area (Å²) in [6, 6.07) is 0. The standard InChI is InChI=1S/2C12H24O2.2C8H16O2.4CH3.2Sn/c2*1-2-3-4-5-6-7-8-9-10-11-12(13)14;2*1-3-5-6-7(4-2)8(9)10;;;;;;/h2*2-11H2,1H3,(H,13,14);2*7H,3-6H2,1-2H3,(H,9,10);4*1H3;;/q;;;;;;;;2*+2/p-4. The molecule has 0 aliphatic heterocycles. The van der Waals surface area contributed by atoms with Crippen molar-refractivity contribution in [2.75, 3.05) is 0 Å². The van der Waals surface area contributed by atoms with Crippen LogP contribution in [0.4, 0.5) is 0 Å². The summed E-state index contributed by atoms with van der Waals surface area (Å²) in [5.74, 6) is -0.829. The van der Waals surface area contributed by atoms with E-state index in [1.54, 1.807) is 0 Å². The Labute approximate surface area is 344 Å². The van der Waals surface area contributed by atoms with Crippen LogP contribution in [0, 0.1) is 11.8 Å². The molecule has 0 saturated carbocycles. The van der Waals surface area contributed by atoms with E-state index in [1.165, 1.54) is 89.9 Å². The molecule has 0 rings (SSSR count). The number of hydrogen-bond donors (Lipinski definition) is 0. The fourth-order valence-corrected chi connectivity index (χ4v) is 14.0. The molecule has 0 N–H and O–H groups in total. The molecule has 0 radical (unpaired) electrons. The van der Waals surface area contributed by atoms with Gasteiger partial charge in [0.1, 0.15) is 0 Å².